The van der Waals surface area contributed by atoms with Crippen molar-refractivity contribution in [1.29, 1.82) is 0 Å². The number of piperazine rings is 1. The zero-order valence-corrected chi connectivity index (χ0v) is 13.3. The number of aromatic nitrogens is 2. The lowest BCUT2D eigenvalue weighted by Crippen LogP contribution is -2.47. The minimum absolute atomic E-state index is 0.124. The maximum absolute atomic E-state index is 12.6. The topological polar surface area (TPSA) is 64.3 Å². The molecule has 0 aliphatic carbocycles. The van der Waals surface area contributed by atoms with Crippen molar-refractivity contribution in [3.63, 3.8) is 0 Å². The van der Waals surface area contributed by atoms with E-state index in [0.717, 1.165) is 61.8 Å². The molecule has 2 N–H and O–H groups in total. The normalized spacial score (nSPS) is 18.2. The fourth-order valence-corrected chi connectivity index (χ4v) is 3.25. The first kappa shape index (κ1) is 14.4. The number of fused-ring (bicyclic) bond motifs is 1. The highest BCUT2D eigenvalue weighted by atomic mass is 16.2. The molecule has 1 aromatic heterocycles. The van der Waals surface area contributed by atoms with Gasteiger partial charge in [0, 0.05) is 56.0 Å². The van der Waals surface area contributed by atoms with Crippen LogP contribution in [0.15, 0.2) is 24.3 Å². The Morgan fingerprint density at radius 1 is 1.09 bits per heavy atom. The monoisotopic (exact) mass is 311 g/mol. The highest BCUT2D eigenvalue weighted by Gasteiger charge is 2.22. The molecule has 1 saturated heterocycles. The Bertz CT molecular complexity index is 713. The third kappa shape index (κ3) is 2.64. The van der Waals surface area contributed by atoms with E-state index in [4.69, 9.17) is 0 Å². The van der Waals surface area contributed by atoms with E-state index in [1.807, 2.05) is 29.2 Å². The number of nitrogens with zero attached hydrogens (tertiary/aromatic N) is 3. The molecule has 0 unspecified atom stereocenters. The second-order valence-electron chi connectivity index (χ2n) is 6.31. The molecule has 0 spiro atoms. The van der Waals surface area contributed by atoms with Crippen molar-refractivity contribution in [3.8, 4) is 11.3 Å². The predicted octanol–water partition coefficient (Wildman–Crippen LogP) is 1.07. The number of carbonyl (C=O) groups is 1. The van der Waals surface area contributed by atoms with Crippen LogP contribution in [0.2, 0.25) is 0 Å². The van der Waals surface area contributed by atoms with E-state index in [1.165, 1.54) is 5.56 Å². The summed E-state index contributed by atoms with van der Waals surface area (Å²) in [4.78, 5) is 16.8. The van der Waals surface area contributed by atoms with E-state index in [9.17, 15) is 4.79 Å². The number of rotatable bonds is 2. The van der Waals surface area contributed by atoms with Crippen LogP contribution in [-0.4, -0.2) is 59.1 Å². The van der Waals surface area contributed by atoms with Crippen molar-refractivity contribution in [2.45, 2.75) is 13.1 Å². The Kier molecular flexibility index (Phi) is 3.63. The lowest BCUT2D eigenvalue weighted by Gasteiger charge is -2.32. The maximum Gasteiger partial charge on any atom is 0.253 e. The number of likely N-dealkylation sites (N-methyl/N-ethyl adjacent to an activating group) is 1. The summed E-state index contributed by atoms with van der Waals surface area (Å²) < 4.78 is 0. The van der Waals surface area contributed by atoms with Crippen LogP contribution >= 0.6 is 0 Å². The number of nitrogens with one attached hydrogen (secondary N) is 2. The molecular weight excluding hydrogens is 290 g/mol. The molecule has 0 atom stereocenters. The van der Waals surface area contributed by atoms with Gasteiger partial charge in [0.25, 0.3) is 5.91 Å². The average molecular weight is 311 g/mol. The van der Waals surface area contributed by atoms with Gasteiger partial charge in [-0.25, -0.2) is 0 Å². The summed E-state index contributed by atoms with van der Waals surface area (Å²) in [6.45, 7) is 5.18. The third-order valence-corrected chi connectivity index (χ3v) is 4.75. The fraction of sp³-hybridized carbons (Fsp3) is 0.412. The number of aromatic amines is 1. The quantitative estimate of drug-likeness (QED) is 0.871. The molecule has 4 rings (SSSR count). The Morgan fingerprint density at radius 3 is 2.57 bits per heavy atom. The maximum atomic E-state index is 12.6. The van der Waals surface area contributed by atoms with Crippen molar-refractivity contribution >= 4 is 5.91 Å². The Morgan fingerprint density at radius 2 is 1.83 bits per heavy atom. The molecule has 0 saturated carbocycles. The largest absolute Gasteiger partial charge is 0.336 e. The van der Waals surface area contributed by atoms with E-state index in [0.29, 0.717) is 0 Å². The second kappa shape index (κ2) is 5.79. The molecule has 0 radical (unpaired) electrons. The third-order valence-electron chi connectivity index (χ3n) is 4.75. The molecule has 1 aromatic carbocycles. The molecule has 2 aliphatic heterocycles. The van der Waals surface area contributed by atoms with Gasteiger partial charge in [0.1, 0.15) is 0 Å². The molecule has 2 aromatic rings. The number of carbonyl (C=O) groups excluding carboxylic acids is 1. The highest BCUT2D eigenvalue weighted by Crippen LogP contribution is 2.27. The van der Waals surface area contributed by atoms with Crippen molar-refractivity contribution in [2.24, 2.45) is 0 Å². The first-order valence-corrected chi connectivity index (χ1v) is 8.07. The number of amides is 1. The summed E-state index contributed by atoms with van der Waals surface area (Å²) in [6.07, 6.45) is 0. The van der Waals surface area contributed by atoms with Crippen molar-refractivity contribution in [2.75, 3.05) is 33.2 Å². The molecule has 120 valence electrons. The van der Waals surface area contributed by atoms with Gasteiger partial charge in [-0.15, -0.1) is 0 Å². The van der Waals surface area contributed by atoms with Crippen LogP contribution in [0.25, 0.3) is 11.3 Å². The van der Waals surface area contributed by atoms with Gasteiger partial charge in [-0.05, 0) is 19.2 Å². The highest BCUT2D eigenvalue weighted by molar-refractivity contribution is 5.94. The van der Waals surface area contributed by atoms with Gasteiger partial charge in [-0.2, -0.15) is 5.10 Å². The van der Waals surface area contributed by atoms with Crippen molar-refractivity contribution in [1.82, 2.24) is 25.3 Å². The summed E-state index contributed by atoms with van der Waals surface area (Å²) in [5.41, 5.74) is 5.20. The molecule has 23 heavy (non-hydrogen) atoms. The molecule has 0 bridgehead atoms. The van der Waals surface area contributed by atoms with Gasteiger partial charge in [0.05, 0.1) is 11.4 Å². The molecular formula is C17H21N5O. The number of benzene rings is 1. The van der Waals surface area contributed by atoms with Crippen LogP contribution in [0.1, 0.15) is 21.6 Å². The standard InChI is InChI=1S/C17H21N5O/c1-21-6-8-22(9-7-21)17(23)13-4-2-12(3-5-13)16-14-10-18-11-15(14)19-20-16/h2-5,18H,6-11H2,1H3,(H,19,20). The zero-order valence-electron chi connectivity index (χ0n) is 13.3. The Hall–Kier alpha value is -2.18. The lowest BCUT2D eigenvalue weighted by molar-refractivity contribution is 0.0664. The minimum atomic E-state index is 0.124. The summed E-state index contributed by atoms with van der Waals surface area (Å²) in [5, 5.41) is 10.8. The molecule has 3 heterocycles. The van der Waals surface area contributed by atoms with Crippen LogP contribution < -0.4 is 5.32 Å². The number of H-pyrrole nitrogens is 1. The minimum Gasteiger partial charge on any atom is -0.336 e. The molecule has 1 fully saturated rings. The van der Waals surface area contributed by atoms with Gasteiger partial charge in [0.2, 0.25) is 0 Å². The Balaban J connectivity index is 1.52. The summed E-state index contributed by atoms with van der Waals surface area (Å²) in [6, 6.07) is 7.83. The number of hydrogen-bond acceptors (Lipinski definition) is 4. The summed E-state index contributed by atoms with van der Waals surface area (Å²) in [5.74, 6) is 0.124. The molecule has 6 heteroatoms. The first-order chi connectivity index (χ1) is 11.2. The van der Waals surface area contributed by atoms with Crippen molar-refractivity contribution in [3.05, 3.63) is 41.1 Å². The van der Waals surface area contributed by atoms with Gasteiger partial charge in [-0.3, -0.25) is 9.89 Å². The zero-order chi connectivity index (χ0) is 15.8. The van der Waals surface area contributed by atoms with E-state index in [-0.39, 0.29) is 5.91 Å². The summed E-state index contributed by atoms with van der Waals surface area (Å²) >= 11 is 0. The van der Waals surface area contributed by atoms with Crippen LogP contribution in [0.5, 0.6) is 0 Å². The second-order valence-corrected chi connectivity index (χ2v) is 6.31. The molecule has 1 amide bonds. The SMILES string of the molecule is CN1CCN(C(=O)c2ccc(-c3n[nH]c4c3CNC4)cc2)CC1. The number of hydrogen-bond donors (Lipinski definition) is 2. The van der Waals surface area contributed by atoms with Gasteiger partial charge in [-0.1, -0.05) is 12.1 Å². The fourth-order valence-electron chi connectivity index (χ4n) is 3.25. The average Bonchev–Trinajstić information content (AvgIpc) is 3.18. The predicted molar refractivity (Wildman–Crippen MR) is 88.0 cm³/mol. The smallest absolute Gasteiger partial charge is 0.253 e. The molecule has 2 aliphatic rings. The van der Waals surface area contributed by atoms with Gasteiger partial charge >= 0.3 is 0 Å². The van der Waals surface area contributed by atoms with Crippen LogP contribution in [0.3, 0.4) is 0 Å². The van der Waals surface area contributed by atoms with E-state index in [1.54, 1.807) is 0 Å². The lowest BCUT2D eigenvalue weighted by atomic mass is 10.0. The van der Waals surface area contributed by atoms with E-state index >= 15 is 0 Å². The van der Waals surface area contributed by atoms with E-state index in [2.05, 4.69) is 27.5 Å². The van der Waals surface area contributed by atoms with Crippen LogP contribution in [0.4, 0.5) is 0 Å². The summed E-state index contributed by atoms with van der Waals surface area (Å²) in [7, 11) is 2.09. The van der Waals surface area contributed by atoms with Crippen LogP contribution in [0, 0.1) is 0 Å². The van der Waals surface area contributed by atoms with Gasteiger partial charge in [0.15, 0.2) is 0 Å². The van der Waals surface area contributed by atoms with Crippen LogP contribution in [-0.2, 0) is 13.1 Å². The van der Waals surface area contributed by atoms with Gasteiger partial charge < -0.3 is 15.1 Å². The van der Waals surface area contributed by atoms with Crippen molar-refractivity contribution < 1.29 is 4.79 Å². The molecule has 6 nitrogen and oxygen atoms in total. The first-order valence-electron chi connectivity index (χ1n) is 8.07. The Labute approximate surface area is 135 Å². The van der Waals surface area contributed by atoms with E-state index < -0.39 is 0 Å².